The second-order valence-corrected chi connectivity index (χ2v) is 7.85. The Hall–Kier alpha value is -1.99. The van der Waals surface area contributed by atoms with Gasteiger partial charge in [-0.15, -0.1) is 11.8 Å². The molecule has 1 atom stereocenters. The molecule has 2 aromatic rings. The largest absolute Gasteiger partial charge is 0.496 e. The number of nitrogens with one attached hydrogen (secondary N) is 1. The molecule has 1 fully saturated rings. The third kappa shape index (κ3) is 4.22. The molecule has 1 unspecified atom stereocenters. The highest BCUT2D eigenvalue weighted by molar-refractivity contribution is 9.10. The van der Waals surface area contributed by atoms with E-state index in [1.165, 1.54) is 0 Å². The summed E-state index contributed by atoms with van der Waals surface area (Å²) < 4.78 is 6.39. The van der Waals surface area contributed by atoms with E-state index in [0.717, 1.165) is 21.5 Å². The summed E-state index contributed by atoms with van der Waals surface area (Å²) in [6, 6.07) is 14.7. The number of ether oxygens (including phenoxy) is 1. The van der Waals surface area contributed by atoms with E-state index in [2.05, 4.69) is 21.2 Å². The lowest BCUT2D eigenvalue weighted by atomic mass is 10.1. The molecule has 2 aromatic carbocycles. The number of rotatable bonds is 5. The second-order valence-electron chi connectivity index (χ2n) is 5.75. The molecule has 0 radical (unpaired) electrons. The van der Waals surface area contributed by atoms with Crippen LogP contribution in [0.25, 0.3) is 0 Å². The molecular weight excluding hydrogens is 416 g/mol. The van der Waals surface area contributed by atoms with E-state index in [4.69, 9.17) is 4.74 Å². The fraction of sp³-hybridized carbons (Fsp3) is 0.263. The van der Waals surface area contributed by atoms with Gasteiger partial charge in [0.15, 0.2) is 0 Å². The lowest BCUT2D eigenvalue weighted by molar-refractivity contribution is -0.130. The zero-order valence-corrected chi connectivity index (χ0v) is 16.7. The molecule has 0 bridgehead atoms. The standard InChI is InChI=1S/C19H19BrN2O3S/c1-25-16-8-7-14(20)11-15(16)19-22(9-10-26-19)17(23)12-21-18(24)13-5-3-2-4-6-13/h2-8,11,19H,9-10,12H2,1H3,(H,21,24). The summed E-state index contributed by atoms with van der Waals surface area (Å²) in [4.78, 5) is 26.6. The average Bonchev–Trinajstić information content (AvgIpc) is 3.16. The predicted octanol–water partition coefficient (Wildman–Crippen LogP) is 3.46. The molecular formula is C19H19BrN2O3S. The predicted molar refractivity (Wildman–Crippen MR) is 106 cm³/mol. The number of amides is 2. The van der Waals surface area contributed by atoms with E-state index >= 15 is 0 Å². The van der Waals surface area contributed by atoms with Crippen LogP contribution in [0.2, 0.25) is 0 Å². The van der Waals surface area contributed by atoms with Crippen molar-refractivity contribution in [2.24, 2.45) is 0 Å². The number of halogens is 1. The molecule has 1 saturated heterocycles. The number of hydrogen-bond acceptors (Lipinski definition) is 4. The molecule has 1 N–H and O–H groups in total. The van der Waals surface area contributed by atoms with E-state index in [1.54, 1.807) is 48.0 Å². The van der Waals surface area contributed by atoms with Crippen LogP contribution in [0.3, 0.4) is 0 Å². The quantitative estimate of drug-likeness (QED) is 0.782. The molecule has 26 heavy (non-hydrogen) atoms. The minimum Gasteiger partial charge on any atom is -0.496 e. The summed E-state index contributed by atoms with van der Waals surface area (Å²) >= 11 is 5.17. The fourth-order valence-electron chi connectivity index (χ4n) is 2.83. The maximum Gasteiger partial charge on any atom is 0.251 e. The van der Waals surface area contributed by atoms with Crippen LogP contribution in [0.4, 0.5) is 0 Å². The first kappa shape index (κ1) is 18.8. The lowest BCUT2D eigenvalue weighted by Crippen LogP contribution is -2.39. The van der Waals surface area contributed by atoms with Gasteiger partial charge in [0, 0.05) is 27.9 Å². The van der Waals surface area contributed by atoms with Crippen molar-refractivity contribution in [3.05, 3.63) is 64.1 Å². The van der Waals surface area contributed by atoms with Crippen molar-refractivity contribution in [2.45, 2.75) is 5.37 Å². The van der Waals surface area contributed by atoms with Gasteiger partial charge < -0.3 is 15.0 Å². The fourth-order valence-corrected chi connectivity index (χ4v) is 4.50. The molecule has 0 spiro atoms. The lowest BCUT2D eigenvalue weighted by Gasteiger charge is -2.25. The van der Waals surface area contributed by atoms with E-state index in [9.17, 15) is 9.59 Å². The van der Waals surface area contributed by atoms with Crippen molar-refractivity contribution in [1.29, 1.82) is 0 Å². The van der Waals surface area contributed by atoms with Crippen LogP contribution in [0.5, 0.6) is 5.75 Å². The topological polar surface area (TPSA) is 58.6 Å². The summed E-state index contributed by atoms with van der Waals surface area (Å²) in [7, 11) is 1.62. The highest BCUT2D eigenvalue weighted by Crippen LogP contribution is 2.42. The smallest absolute Gasteiger partial charge is 0.251 e. The van der Waals surface area contributed by atoms with Gasteiger partial charge >= 0.3 is 0 Å². The molecule has 3 rings (SSSR count). The molecule has 2 amide bonds. The van der Waals surface area contributed by atoms with Gasteiger partial charge in [0.05, 0.1) is 13.7 Å². The van der Waals surface area contributed by atoms with Gasteiger partial charge in [-0.2, -0.15) is 0 Å². The van der Waals surface area contributed by atoms with Gasteiger partial charge in [-0.05, 0) is 30.3 Å². The number of hydrogen-bond donors (Lipinski definition) is 1. The van der Waals surface area contributed by atoms with Crippen LogP contribution < -0.4 is 10.1 Å². The van der Waals surface area contributed by atoms with Crippen LogP contribution in [0, 0.1) is 0 Å². The molecule has 1 aliphatic rings. The van der Waals surface area contributed by atoms with Crippen molar-refractivity contribution < 1.29 is 14.3 Å². The van der Waals surface area contributed by atoms with Gasteiger partial charge in [0.2, 0.25) is 5.91 Å². The molecule has 0 aliphatic carbocycles. The zero-order valence-electron chi connectivity index (χ0n) is 14.3. The van der Waals surface area contributed by atoms with Crippen LogP contribution in [0.15, 0.2) is 53.0 Å². The van der Waals surface area contributed by atoms with Gasteiger partial charge in [0.25, 0.3) is 5.91 Å². The van der Waals surface area contributed by atoms with Crippen molar-refractivity contribution in [1.82, 2.24) is 10.2 Å². The highest BCUT2D eigenvalue weighted by atomic mass is 79.9. The number of carbonyl (C=O) groups is 2. The molecule has 136 valence electrons. The van der Waals surface area contributed by atoms with Gasteiger partial charge in [-0.1, -0.05) is 34.1 Å². The molecule has 7 heteroatoms. The summed E-state index contributed by atoms with van der Waals surface area (Å²) in [5, 5.41) is 2.59. The van der Waals surface area contributed by atoms with Gasteiger partial charge in [0.1, 0.15) is 11.1 Å². The monoisotopic (exact) mass is 434 g/mol. The molecule has 5 nitrogen and oxygen atoms in total. The van der Waals surface area contributed by atoms with E-state index in [-0.39, 0.29) is 23.7 Å². The first-order valence-corrected chi connectivity index (χ1v) is 10.0. The van der Waals surface area contributed by atoms with E-state index < -0.39 is 0 Å². The van der Waals surface area contributed by atoms with Crippen molar-refractivity contribution >= 4 is 39.5 Å². The first-order chi connectivity index (χ1) is 12.6. The Morgan fingerprint density at radius 1 is 1.27 bits per heavy atom. The maximum atomic E-state index is 12.7. The number of thioether (sulfide) groups is 1. The van der Waals surface area contributed by atoms with Gasteiger partial charge in [-0.3, -0.25) is 9.59 Å². The highest BCUT2D eigenvalue weighted by Gasteiger charge is 2.32. The van der Waals surface area contributed by atoms with Crippen molar-refractivity contribution in [3.8, 4) is 5.75 Å². The summed E-state index contributed by atoms with van der Waals surface area (Å²) in [6.45, 7) is 0.617. The first-order valence-electron chi connectivity index (χ1n) is 8.18. The third-order valence-electron chi connectivity index (χ3n) is 4.11. The number of carbonyl (C=O) groups excluding carboxylic acids is 2. The maximum absolute atomic E-state index is 12.7. The molecule has 0 saturated carbocycles. The summed E-state index contributed by atoms with van der Waals surface area (Å²) in [5.74, 6) is 1.24. The number of benzene rings is 2. The number of methoxy groups -OCH3 is 1. The SMILES string of the molecule is COc1ccc(Br)cc1C1SCCN1C(=O)CNC(=O)c1ccccc1. The third-order valence-corrected chi connectivity index (χ3v) is 5.84. The normalized spacial score (nSPS) is 16.4. The molecule has 1 heterocycles. The zero-order chi connectivity index (χ0) is 18.5. The van der Waals surface area contributed by atoms with Crippen LogP contribution in [0.1, 0.15) is 21.3 Å². The van der Waals surface area contributed by atoms with Crippen molar-refractivity contribution in [3.63, 3.8) is 0 Å². The second kappa shape index (κ2) is 8.60. The Morgan fingerprint density at radius 3 is 2.77 bits per heavy atom. The Bertz CT molecular complexity index is 801. The molecule has 1 aliphatic heterocycles. The van der Waals surface area contributed by atoms with Crippen LogP contribution >= 0.6 is 27.7 Å². The Balaban J connectivity index is 1.69. The van der Waals surface area contributed by atoms with Crippen molar-refractivity contribution in [2.75, 3.05) is 26.0 Å². The van der Waals surface area contributed by atoms with Crippen LogP contribution in [-0.4, -0.2) is 42.7 Å². The Morgan fingerprint density at radius 2 is 2.04 bits per heavy atom. The molecule has 0 aromatic heterocycles. The van der Waals surface area contributed by atoms with Crippen LogP contribution in [-0.2, 0) is 4.79 Å². The Labute approximate surface area is 165 Å². The average molecular weight is 435 g/mol. The van der Waals surface area contributed by atoms with Gasteiger partial charge in [-0.25, -0.2) is 0 Å². The number of nitrogens with zero attached hydrogens (tertiary/aromatic N) is 1. The minimum atomic E-state index is -0.248. The summed E-state index contributed by atoms with van der Waals surface area (Å²) in [5.41, 5.74) is 1.49. The minimum absolute atomic E-state index is 0.0267. The Kier molecular flexibility index (Phi) is 6.21. The van der Waals surface area contributed by atoms with E-state index in [1.807, 2.05) is 24.3 Å². The van der Waals surface area contributed by atoms with E-state index in [0.29, 0.717) is 12.1 Å². The summed E-state index contributed by atoms with van der Waals surface area (Å²) in [6.07, 6.45) is 0.